The van der Waals surface area contributed by atoms with E-state index >= 15 is 0 Å². The molecule has 1 aromatic carbocycles. The maximum absolute atomic E-state index is 13.0. The molecular formula is C11H15Cl2FN2O3S. The Bertz CT molecular complexity index is 571. The van der Waals surface area contributed by atoms with Crippen molar-refractivity contribution in [1.29, 1.82) is 0 Å². The number of piperidine rings is 1. The van der Waals surface area contributed by atoms with E-state index in [4.69, 9.17) is 11.6 Å². The van der Waals surface area contributed by atoms with E-state index in [1.807, 2.05) is 0 Å². The van der Waals surface area contributed by atoms with Gasteiger partial charge < -0.3 is 10.4 Å². The van der Waals surface area contributed by atoms with Gasteiger partial charge in [0.15, 0.2) is 0 Å². The van der Waals surface area contributed by atoms with E-state index in [0.29, 0.717) is 19.5 Å². The fourth-order valence-corrected chi connectivity index (χ4v) is 3.42. The molecule has 1 saturated heterocycles. The number of aliphatic hydroxyl groups excluding tert-OH is 1. The third-order valence-corrected chi connectivity index (χ3v) is 4.73. The zero-order valence-corrected chi connectivity index (χ0v) is 12.7. The average molecular weight is 345 g/mol. The highest BCUT2D eigenvalue weighted by atomic mass is 35.5. The second kappa shape index (κ2) is 7.02. The van der Waals surface area contributed by atoms with E-state index in [-0.39, 0.29) is 22.3 Å². The van der Waals surface area contributed by atoms with Gasteiger partial charge in [0.25, 0.3) is 0 Å². The molecule has 3 N–H and O–H groups in total. The maximum Gasteiger partial charge on any atom is 0.241 e. The molecule has 0 radical (unpaired) electrons. The number of sulfonamides is 1. The second-order valence-corrected chi connectivity index (χ2v) is 6.49. The van der Waals surface area contributed by atoms with Crippen molar-refractivity contribution in [1.82, 2.24) is 10.0 Å². The molecule has 1 fully saturated rings. The van der Waals surface area contributed by atoms with Gasteiger partial charge in [-0.1, -0.05) is 11.6 Å². The van der Waals surface area contributed by atoms with Gasteiger partial charge in [-0.05, 0) is 31.2 Å². The summed E-state index contributed by atoms with van der Waals surface area (Å²) in [5.41, 5.74) is 0. The van der Waals surface area contributed by atoms with Gasteiger partial charge in [0.1, 0.15) is 5.82 Å². The summed E-state index contributed by atoms with van der Waals surface area (Å²) in [5.74, 6) is -0.681. The second-order valence-electron chi connectivity index (χ2n) is 4.36. The van der Waals surface area contributed by atoms with E-state index in [1.54, 1.807) is 0 Å². The van der Waals surface area contributed by atoms with Gasteiger partial charge in [-0.3, -0.25) is 0 Å². The van der Waals surface area contributed by atoms with Crippen LogP contribution < -0.4 is 10.0 Å². The highest BCUT2D eigenvalue weighted by Crippen LogP contribution is 2.20. The monoisotopic (exact) mass is 344 g/mol. The van der Waals surface area contributed by atoms with Crippen LogP contribution in [0, 0.1) is 5.82 Å². The lowest BCUT2D eigenvalue weighted by Crippen LogP contribution is -2.53. The highest BCUT2D eigenvalue weighted by Gasteiger charge is 2.28. The van der Waals surface area contributed by atoms with E-state index < -0.39 is 28.0 Å². The molecule has 0 amide bonds. The van der Waals surface area contributed by atoms with E-state index in [1.165, 1.54) is 0 Å². The van der Waals surface area contributed by atoms with Crippen molar-refractivity contribution in [2.45, 2.75) is 23.5 Å². The molecule has 1 heterocycles. The Labute approximate surface area is 128 Å². The molecular weight excluding hydrogens is 330 g/mol. The molecule has 2 atom stereocenters. The van der Waals surface area contributed by atoms with Crippen LogP contribution >= 0.6 is 24.0 Å². The third-order valence-electron chi connectivity index (χ3n) is 2.95. The van der Waals surface area contributed by atoms with Gasteiger partial charge in [-0.15, -0.1) is 12.4 Å². The van der Waals surface area contributed by atoms with Crippen LogP contribution in [0.4, 0.5) is 4.39 Å². The molecule has 1 aliphatic rings. The number of hydrogen-bond donors (Lipinski definition) is 3. The Balaban J connectivity index is 0.00000200. The third kappa shape index (κ3) is 4.03. The first kappa shape index (κ1) is 17.6. The summed E-state index contributed by atoms with van der Waals surface area (Å²) >= 11 is 5.56. The first-order valence-electron chi connectivity index (χ1n) is 5.76. The van der Waals surface area contributed by atoms with Crippen molar-refractivity contribution >= 4 is 34.0 Å². The summed E-state index contributed by atoms with van der Waals surface area (Å²) in [6.07, 6.45) is -0.274. The van der Waals surface area contributed by atoms with Crippen molar-refractivity contribution in [2.75, 3.05) is 13.1 Å². The minimum Gasteiger partial charge on any atom is -0.391 e. The Morgan fingerprint density at radius 2 is 2.15 bits per heavy atom. The van der Waals surface area contributed by atoms with Gasteiger partial charge in [0.2, 0.25) is 10.0 Å². The Hall–Kier alpha value is -0.440. The maximum atomic E-state index is 13.0. The smallest absolute Gasteiger partial charge is 0.241 e. The summed E-state index contributed by atoms with van der Waals surface area (Å²) in [7, 11) is -3.83. The summed E-state index contributed by atoms with van der Waals surface area (Å²) in [5, 5.41) is 12.5. The lowest BCUT2D eigenvalue weighted by atomic mass is 10.1. The molecule has 0 unspecified atom stereocenters. The van der Waals surface area contributed by atoms with Crippen LogP contribution in [0.1, 0.15) is 6.42 Å². The van der Waals surface area contributed by atoms with Gasteiger partial charge in [-0.25, -0.2) is 17.5 Å². The molecule has 0 spiro atoms. The molecule has 1 aromatic rings. The number of benzene rings is 1. The van der Waals surface area contributed by atoms with Crippen LogP contribution in [0.25, 0.3) is 0 Å². The number of aliphatic hydroxyl groups is 1. The zero-order valence-electron chi connectivity index (χ0n) is 10.3. The van der Waals surface area contributed by atoms with Crippen molar-refractivity contribution in [3.8, 4) is 0 Å². The fraction of sp³-hybridized carbons (Fsp3) is 0.455. The zero-order chi connectivity index (χ0) is 14.0. The molecule has 0 saturated carbocycles. The van der Waals surface area contributed by atoms with Crippen LogP contribution in [0.15, 0.2) is 23.1 Å². The van der Waals surface area contributed by atoms with Gasteiger partial charge >= 0.3 is 0 Å². The van der Waals surface area contributed by atoms with Crippen LogP contribution in [0.3, 0.4) is 0 Å². The summed E-state index contributed by atoms with van der Waals surface area (Å²) < 4.78 is 39.6. The quantitative estimate of drug-likeness (QED) is 0.761. The number of rotatable bonds is 3. The first-order valence-corrected chi connectivity index (χ1v) is 7.62. The number of halogens is 3. The van der Waals surface area contributed by atoms with Crippen LogP contribution in [-0.4, -0.2) is 38.8 Å². The topological polar surface area (TPSA) is 78.4 Å². The SMILES string of the molecule is Cl.O=S(=O)(N[C@H]1CNCC[C@H]1O)c1ccc(F)c(Cl)c1. The van der Waals surface area contributed by atoms with Crippen molar-refractivity contribution in [3.63, 3.8) is 0 Å². The lowest BCUT2D eigenvalue weighted by molar-refractivity contribution is 0.109. The van der Waals surface area contributed by atoms with Crippen LogP contribution in [0.2, 0.25) is 5.02 Å². The molecule has 5 nitrogen and oxygen atoms in total. The Morgan fingerprint density at radius 1 is 1.45 bits per heavy atom. The summed E-state index contributed by atoms with van der Waals surface area (Å²) in [4.78, 5) is -0.128. The molecule has 0 aromatic heterocycles. The average Bonchev–Trinajstić information content (AvgIpc) is 2.35. The minimum absolute atomic E-state index is 0. The molecule has 20 heavy (non-hydrogen) atoms. The van der Waals surface area contributed by atoms with Crippen LogP contribution in [-0.2, 0) is 10.0 Å². The predicted molar refractivity (Wildman–Crippen MR) is 76.3 cm³/mol. The van der Waals surface area contributed by atoms with Crippen molar-refractivity contribution in [2.24, 2.45) is 0 Å². The number of hydrogen-bond acceptors (Lipinski definition) is 4. The molecule has 114 valence electrons. The molecule has 2 rings (SSSR count). The van der Waals surface area contributed by atoms with Crippen molar-refractivity contribution < 1.29 is 17.9 Å². The van der Waals surface area contributed by atoms with E-state index in [0.717, 1.165) is 18.2 Å². The molecule has 0 aliphatic carbocycles. The highest BCUT2D eigenvalue weighted by molar-refractivity contribution is 7.89. The predicted octanol–water partition coefficient (Wildman–Crippen LogP) is 0.902. The summed E-state index contributed by atoms with van der Waals surface area (Å²) in [6.45, 7) is 0.983. The first-order chi connectivity index (χ1) is 8.90. The van der Waals surface area contributed by atoms with E-state index in [2.05, 4.69) is 10.0 Å². The molecule has 1 aliphatic heterocycles. The van der Waals surface area contributed by atoms with Crippen molar-refractivity contribution in [3.05, 3.63) is 29.0 Å². The van der Waals surface area contributed by atoms with Crippen LogP contribution in [0.5, 0.6) is 0 Å². The number of nitrogens with one attached hydrogen (secondary N) is 2. The normalized spacial score (nSPS) is 23.1. The Morgan fingerprint density at radius 3 is 2.75 bits per heavy atom. The Kier molecular flexibility index (Phi) is 6.18. The van der Waals surface area contributed by atoms with Gasteiger partial charge in [0, 0.05) is 6.54 Å². The largest absolute Gasteiger partial charge is 0.391 e. The minimum atomic E-state index is -3.83. The fourth-order valence-electron chi connectivity index (χ4n) is 1.88. The molecule has 9 heteroatoms. The van der Waals surface area contributed by atoms with Gasteiger partial charge in [0.05, 0.1) is 22.1 Å². The summed E-state index contributed by atoms with van der Waals surface area (Å²) in [6, 6.07) is 2.56. The van der Waals surface area contributed by atoms with Gasteiger partial charge in [-0.2, -0.15) is 0 Å². The lowest BCUT2D eigenvalue weighted by Gasteiger charge is -2.28. The standard InChI is InChI=1S/C11H14ClFN2O3S.ClH/c12-8-5-7(1-2-9(8)13)19(17,18)15-10-6-14-4-3-11(10)16;/h1-2,5,10-11,14-16H,3-4,6H2;1H/t10-,11+;/m0./s1. The van der Waals surface area contributed by atoms with E-state index in [9.17, 15) is 17.9 Å². The molecule has 0 bridgehead atoms.